The lowest BCUT2D eigenvalue weighted by Crippen LogP contribution is -2.28. The van der Waals surface area contributed by atoms with Gasteiger partial charge >= 0.3 is 6.03 Å². The number of hydroxylamine groups is 1. The van der Waals surface area contributed by atoms with E-state index in [4.69, 9.17) is 10.6 Å². The molecule has 4 nitrogen and oxygen atoms in total. The van der Waals surface area contributed by atoms with Gasteiger partial charge < -0.3 is 5.73 Å². The first kappa shape index (κ1) is 9.88. The van der Waals surface area contributed by atoms with Gasteiger partial charge in [0.25, 0.3) is 0 Å². The van der Waals surface area contributed by atoms with E-state index in [1.165, 1.54) is 7.11 Å². The Bertz CT molecular complexity index is 279. The number of carbonyl (C=O) groups is 1. The van der Waals surface area contributed by atoms with Crippen LogP contribution in [0.25, 0.3) is 0 Å². The molecule has 0 aromatic heterocycles. The van der Waals surface area contributed by atoms with E-state index in [-0.39, 0.29) is 0 Å². The van der Waals surface area contributed by atoms with Crippen molar-refractivity contribution in [2.75, 3.05) is 7.11 Å². The molecule has 0 atom stereocenters. The molecule has 70 valence electrons. The van der Waals surface area contributed by atoms with Crippen LogP contribution in [0.15, 0.2) is 35.2 Å². The summed E-state index contributed by atoms with van der Waals surface area (Å²) in [6.07, 6.45) is 0. The number of nitrogens with two attached hydrogens (primary N) is 1. The fourth-order valence-electron chi connectivity index (χ4n) is 0.749. The lowest BCUT2D eigenvalue weighted by atomic mass is 10.4. The maximum absolute atomic E-state index is 10.7. The summed E-state index contributed by atoms with van der Waals surface area (Å²) >= 11 is 1.13. The Morgan fingerprint density at radius 2 is 2.08 bits per heavy atom. The molecule has 0 aliphatic carbocycles. The van der Waals surface area contributed by atoms with Gasteiger partial charge in [0.05, 0.1) is 7.11 Å². The van der Waals surface area contributed by atoms with Crippen molar-refractivity contribution in [1.29, 1.82) is 0 Å². The highest BCUT2D eigenvalue weighted by molar-refractivity contribution is 7.97. The van der Waals surface area contributed by atoms with Gasteiger partial charge in [-0.25, -0.2) is 4.79 Å². The molecule has 0 unspecified atom stereocenters. The summed E-state index contributed by atoms with van der Waals surface area (Å²) in [4.78, 5) is 16.4. The minimum atomic E-state index is -0.628. The number of primary amides is 1. The van der Waals surface area contributed by atoms with Crippen molar-refractivity contribution in [2.45, 2.75) is 4.90 Å². The third-order valence-electron chi connectivity index (χ3n) is 1.28. The van der Waals surface area contributed by atoms with Gasteiger partial charge in [-0.2, -0.15) is 0 Å². The molecule has 0 aliphatic heterocycles. The van der Waals surface area contributed by atoms with E-state index in [1.807, 2.05) is 30.3 Å². The van der Waals surface area contributed by atoms with Crippen molar-refractivity contribution in [3.8, 4) is 0 Å². The molecule has 5 heteroatoms. The second-order valence-electron chi connectivity index (χ2n) is 2.18. The Balaban J connectivity index is 2.62. The average Bonchev–Trinajstić information content (AvgIpc) is 2.15. The van der Waals surface area contributed by atoms with Gasteiger partial charge in [-0.15, -0.1) is 4.47 Å². The normalized spacial score (nSPS) is 9.62. The molecule has 0 saturated heterocycles. The smallest absolute Gasteiger partial charge is 0.349 e. The van der Waals surface area contributed by atoms with Crippen LogP contribution in [0.3, 0.4) is 0 Å². The zero-order valence-corrected chi connectivity index (χ0v) is 7.95. The van der Waals surface area contributed by atoms with E-state index < -0.39 is 6.03 Å². The van der Waals surface area contributed by atoms with Gasteiger partial charge in [0, 0.05) is 16.8 Å². The van der Waals surface area contributed by atoms with Gasteiger partial charge in [-0.3, -0.25) is 4.84 Å². The second kappa shape index (κ2) is 4.74. The third kappa shape index (κ3) is 2.96. The summed E-state index contributed by atoms with van der Waals surface area (Å²) in [7, 11) is 1.39. The molecule has 0 saturated carbocycles. The van der Waals surface area contributed by atoms with Gasteiger partial charge in [-0.1, -0.05) is 18.2 Å². The number of hydrogen-bond acceptors (Lipinski definition) is 3. The van der Waals surface area contributed by atoms with Crippen LogP contribution in [0.5, 0.6) is 0 Å². The van der Waals surface area contributed by atoms with Crippen molar-refractivity contribution in [2.24, 2.45) is 5.73 Å². The summed E-state index contributed by atoms with van der Waals surface area (Å²) in [5.74, 6) is 0. The SMILES string of the molecule is CON(Sc1ccccc1)C(N)=O. The minimum absolute atomic E-state index is 0.628. The molecule has 2 amide bonds. The number of rotatable bonds is 3. The lowest BCUT2D eigenvalue weighted by Gasteiger charge is -2.14. The number of carbonyl (C=O) groups excluding carboxylic acids is 1. The molecule has 0 fully saturated rings. The molecular weight excluding hydrogens is 188 g/mol. The van der Waals surface area contributed by atoms with E-state index in [0.29, 0.717) is 0 Å². The van der Waals surface area contributed by atoms with E-state index in [1.54, 1.807) is 0 Å². The van der Waals surface area contributed by atoms with Gasteiger partial charge in [0.2, 0.25) is 0 Å². The van der Waals surface area contributed by atoms with Gasteiger partial charge in [0.15, 0.2) is 0 Å². The maximum Gasteiger partial charge on any atom is 0.349 e. The number of benzene rings is 1. The lowest BCUT2D eigenvalue weighted by molar-refractivity contribution is 0.00294. The van der Waals surface area contributed by atoms with Crippen molar-refractivity contribution >= 4 is 18.0 Å². The number of nitrogens with zero attached hydrogens (tertiary/aromatic N) is 1. The largest absolute Gasteiger partial charge is 0.349 e. The number of urea groups is 1. The van der Waals surface area contributed by atoms with Crippen LogP contribution in [0.2, 0.25) is 0 Å². The zero-order valence-electron chi connectivity index (χ0n) is 7.14. The van der Waals surface area contributed by atoms with Crippen LogP contribution < -0.4 is 5.73 Å². The van der Waals surface area contributed by atoms with E-state index in [9.17, 15) is 4.79 Å². The van der Waals surface area contributed by atoms with Crippen LogP contribution in [0, 0.1) is 0 Å². The topological polar surface area (TPSA) is 55.6 Å². The van der Waals surface area contributed by atoms with Crippen LogP contribution in [0.4, 0.5) is 4.79 Å². The molecule has 0 spiro atoms. The quantitative estimate of drug-likeness (QED) is 0.593. The molecule has 0 bridgehead atoms. The Morgan fingerprint density at radius 3 is 2.54 bits per heavy atom. The summed E-state index contributed by atoms with van der Waals surface area (Å²) in [6, 6.07) is 8.73. The van der Waals surface area contributed by atoms with Crippen LogP contribution in [-0.2, 0) is 4.84 Å². The minimum Gasteiger partial charge on any atom is -0.349 e. The zero-order chi connectivity index (χ0) is 9.68. The predicted molar refractivity (Wildman–Crippen MR) is 50.7 cm³/mol. The van der Waals surface area contributed by atoms with Crippen LogP contribution in [0.1, 0.15) is 0 Å². The van der Waals surface area contributed by atoms with E-state index in [2.05, 4.69) is 0 Å². The third-order valence-corrected chi connectivity index (χ3v) is 2.26. The summed E-state index contributed by atoms with van der Waals surface area (Å²) in [6.45, 7) is 0. The summed E-state index contributed by atoms with van der Waals surface area (Å²) in [5.41, 5.74) is 5.04. The monoisotopic (exact) mass is 198 g/mol. The Morgan fingerprint density at radius 1 is 1.46 bits per heavy atom. The van der Waals surface area contributed by atoms with Crippen LogP contribution in [-0.4, -0.2) is 17.6 Å². The van der Waals surface area contributed by atoms with Crippen molar-refractivity contribution in [3.63, 3.8) is 0 Å². The first-order valence-electron chi connectivity index (χ1n) is 3.60. The first-order valence-corrected chi connectivity index (χ1v) is 4.38. The average molecular weight is 198 g/mol. The molecule has 2 N–H and O–H groups in total. The highest BCUT2D eigenvalue weighted by Gasteiger charge is 2.09. The summed E-state index contributed by atoms with van der Waals surface area (Å²) in [5, 5.41) is 0. The van der Waals surface area contributed by atoms with Crippen LogP contribution >= 0.6 is 11.9 Å². The van der Waals surface area contributed by atoms with E-state index in [0.717, 1.165) is 21.3 Å². The Labute approximate surface area is 80.7 Å². The summed E-state index contributed by atoms with van der Waals surface area (Å²) < 4.78 is 1.01. The molecule has 0 aliphatic rings. The fourth-order valence-corrected chi connectivity index (χ4v) is 1.38. The molecule has 0 radical (unpaired) electrons. The highest BCUT2D eigenvalue weighted by atomic mass is 32.2. The molecular formula is C8H10N2O2S. The van der Waals surface area contributed by atoms with Gasteiger partial charge in [-0.05, 0) is 12.1 Å². The Hall–Kier alpha value is -1.20. The second-order valence-corrected chi connectivity index (χ2v) is 3.17. The first-order chi connectivity index (χ1) is 6.24. The predicted octanol–water partition coefficient (Wildman–Crippen LogP) is 1.64. The number of hydrogen-bond donors (Lipinski definition) is 1. The molecule has 13 heavy (non-hydrogen) atoms. The van der Waals surface area contributed by atoms with Crippen molar-refractivity contribution in [1.82, 2.24) is 4.47 Å². The van der Waals surface area contributed by atoms with Gasteiger partial charge in [0.1, 0.15) is 0 Å². The molecule has 0 heterocycles. The van der Waals surface area contributed by atoms with E-state index >= 15 is 0 Å². The molecule has 1 aromatic carbocycles. The van der Waals surface area contributed by atoms with Crippen molar-refractivity contribution in [3.05, 3.63) is 30.3 Å². The standard InChI is InChI=1S/C8H10N2O2S/c1-12-10(8(9)11)13-7-5-3-2-4-6-7/h2-6H,1H3,(H2,9,11). The highest BCUT2D eigenvalue weighted by Crippen LogP contribution is 2.21. The molecule has 1 aromatic rings. The Kier molecular flexibility index (Phi) is 3.60. The fraction of sp³-hybridized carbons (Fsp3) is 0.125. The maximum atomic E-state index is 10.7. The van der Waals surface area contributed by atoms with Crippen molar-refractivity contribution < 1.29 is 9.63 Å². The molecule has 1 rings (SSSR count). The number of amides is 2.